The van der Waals surface area contributed by atoms with E-state index in [0.29, 0.717) is 22.1 Å². The lowest BCUT2D eigenvalue weighted by Gasteiger charge is -2.22. The SMILES string of the molecule is Cc1ccc(C2/C(=C(/O)c3ccc(Cl)cc3)C(=O)C(=O)N2Cc2cccs2)o1. The molecule has 28 heavy (non-hydrogen) atoms. The maximum atomic E-state index is 12.8. The lowest BCUT2D eigenvalue weighted by atomic mass is 9.99. The number of aliphatic hydroxyl groups excluding tert-OH is 1. The molecule has 3 aromatic rings. The number of carbonyl (C=O) groups is 2. The molecule has 142 valence electrons. The third-order valence-corrected chi connectivity index (χ3v) is 5.71. The average Bonchev–Trinajstić information content (AvgIpc) is 3.39. The first-order valence-corrected chi connectivity index (χ1v) is 9.84. The molecule has 0 aliphatic carbocycles. The van der Waals surface area contributed by atoms with Gasteiger partial charge >= 0.3 is 0 Å². The van der Waals surface area contributed by atoms with Crippen LogP contribution in [0, 0.1) is 6.92 Å². The number of likely N-dealkylation sites (tertiary alicyclic amines) is 1. The smallest absolute Gasteiger partial charge is 0.296 e. The van der Waals surface area contributed by atoms with Crippen LogP contribution in [0.2, 0.25) is 5.02 Å². The fourth-order valence-electron chi connectivity index (χ4n) is 3.27. The van der Waals surface area contributed by atoms with E-state index in [0.717, 1.165) is 4.88 Å². The van der Waals surface area contributed by atoms with Crippen LogP contribution in [0.4, 0.5) is 0 Å². The highest BCUT2D eigenvalue weighted by Crippen LogP contribution is 2.41. The van der Waals surface area contributed by atoms with Crippen molar-refractivity contribution < 1.29 is 19.1 Å². The van der Waals surface area contributed by atoms with Crippen LogP contribution in [0.1, 0.15) is 28.0 Å². The molecule has 5 nitrogen and oxygen atoms in total. The Morgan fingerprint density at radius 2 is 1.93 bits per heavy atom. The predicted octanol–water partition coefficient (Wildman–Crippen LogP) is 4.92. The quantitative estimate of drug-likeness (QED) is 0.374. The number of rotatable bonds is 4. The Kier molecular flexibility index (Phi) is 4.83. The minimum atomic E-state index is -0.800. The maximum absolute atomic E-state index is 12.8. The Hall–Kier alpha value is -2.83. The van der Waals surface area contributed by atoms with Crippen LogP contribution in [0.3, 0.4) is 0 Å². The van der Waals surface area contributed by atoms with Crippen molar-refractivity contribution in [3.63, 3.8) is 0 Å². The van der Waals surface area contributed by atoms with Gasteiger partial charge in [-0.25, -0.2) is 0 Å². The molecular weight excluding hydrogens is 398 g/mol. The number of halogens is 1. The van der Waals surface area contributed by atoms with Crippen molar-refractivity contribution in [2.75, 3.05) is 0 Å². The highest BCUT2D eigenvalue weighted by molar-refractivity contribution is 7.09. The summed E-state index contributed by atoms with van der Waals surface area (Å²) in [6.07, 6.45) is 0. The third-order valence-electron chi connectivity index (χ3n) is 4.59. The topological polar surface area (TPSA) is 70.8 Å². The van der Waals surface area contributed by atoms with Crippen LogP contribution in [0.15, 0.2) is 63.9 Å². The van der Waals surface area contributed by atoms with Crippen molar-refractivity contribution in [3.05, 3.63) is 86.5 Å². The molecule has 4 rings (SSSR count). The molecule has 1 unspecified atom stereocenters. The number of aliphatic hydroxyl groups is 1. The number of hydrogen-bond donors (Lipinski definition) is 1. The second-order valence-electron chi connectivity index (χ2n) is 6.46. The van der Waals surface area contributed by atoms with Gasteiger partial charge in [-0.05, 0) is 54.8 Å². The number of nitrogens with zero attached hydrogens (tertiary/aromatic N) is 1. The Morgan fingerprint density at radius 3 is 2.54 bits per heavy atom. The number of furan rings is 1. The second-order valence-corrected chi connectivity index (χ2v) is 7.93. The van der Waals surface area contributed by atoms with E-state index in [-0.39, 0.29) is 17.9 Å². The summed E-state index contributed by atoms with van der Waals surface area (Å²) in [6.45, 7) is 2.04. The van der Waals surface area contributed by atoms with E-state index in [2.05, 4.69) is 0 Å². The molecule has 1 fully saturated rings. The summed E-state index contributed by atoms with van der Waals surface area (Å²) < 4.78 is 5.74. The van der Waals surface area contributed by atoms with E-state index in [1.165, 1.54) is 16.2 Å². The zero-order valence-corrected chi connectivity index (χ0v) is 16.5. The van der Waals surface area contributed by atoms with E-state index in [1.54, 1.807) is 43.3 Å². The van der Waals surface area contributed by atoms with E-state index >= 15 is 0 Å². The van der Waals surface area contributed by atoms with Gasteiger partial charge in [0.25, 0.3) is 11.7 Å². The number of hydrogen-bond acceptors (Lipinski definition) is 5. The van der Waals surface area contributed by atoms with Crippen molar-refractivity contribution in [2.24, 2.45) is 0 Å². The van der Waals surface area contributed by atoms with Gasteiger partial charge in [0.05, 0.1) is 12.1 Å². The van der Waals surface area contributed by atoms with Crippen molar-refractivity contribution in [3.8, 4) is 0 Å². The lowest BCUT2D eigenvalue weighted by molar-refractivity contribution is -0.140. The minimum Gasteiger partial charge on any atom is -0.507 e. The van der Waals surface area contributed by atoms with Crippen LogP contribution >= 0.6 is 22.9 Å². The lowest BCUT2D eigenvalue weighted by Crippen LogP contribution is -2.28. The van der Waals surface area contributed by atoms with Gasteiger partial charge in [-0.15, -0.1) is 11.3 Å². The van der Waals surface area contributed by atoms with E-state index in [9.17, 15) is 14.7 Å². The van der Waals surface area contributed by atoms with Crippen molar-refractivity contribution in [1.82, 2.24) is 4.90 Å². The highest BCUT2D eigenvalue weighted by atomic mass is 35.5. The first-order valence-electron chi connectivity index (χ1n) is 8.59. The van der Waals surface area contributed by atoms with E-state index < -0.39 is 17.7 Å². The summed E-state index contributed by atoms with van der Waals surface area (Å²) in [5.74, 6) is -0.555. The van der Waals surface area contributed by atoms with Gasteiger partial charge in [0.1, 0.15) is 23.3 Å². The minimum absolute atomic E-state index is 0.0122. The van der Waals surface area contributed by atoms with E-state index in [4.69, 9.17) is 16.0 Å². The molecule has 0 saturated carbocycles. The Labute approximate surface area is 170 Å². The van der Waals surface area contributed by atoms with Gasteiger partial charge in [-0.2, -0.15) is 0 Å². The maximum Gasteiger partial charge on any atom is 0.296 e. The molecule has 0 bridgehead atoms. The Balaban J connectivity index is 1.85. The fourth-order valence-corrected chi connectivity index (χ4v) is 4.10. The Bertz CT molecular complexity index is 1070. The number of carbonyl (C=O) groups excluding carboxylic acids is 2. The zero-order valence-electron chi connectivity index (χ0n) is 14.9. The molecule has 0 radical (unpaired) electrons. The third kappa shape index (κ3) is 3.25. The summed E-state index contributed by atoms with van der Waals surface area (Å²) in [7, 11) is 0. The molecule has 1 aliphatic rings. The predicted molar refractivity (Wildman–Crippen MR) is 107 cm³/mol. The van der Waals surface area contributed by atoms with E-state index in [1.807, 2.05) is 17.5 Å². The molecule has 1 N–H and O–H groups in total. The number of thiophene rings is 1. The van der Waals surface area contributed by atoms with Crippen molar-refractivity contribution in [2.45, 2.75) is 19.5 Å². The molecule has 0 spiro atoms. The van der Waals surface area contributed by atoms with Crippen LogP contribution in [-0.2, 0) is 16.1 Å². The summed E-state index contributed by atoms with van der Waals surface area (Å²) >= 11 is 7.41. The van der Waals surface area contributed by atoms with Crippen LogP contribution in [-0.4, -0.2) is 21.7 Å². The molecule has 7 heteroatoms. The van der Waals surface area contributed by atoms with Gasteiger partial charge in [0.15, 0.2) is 0 Å². The molecule has 1 aliphatic heterocycles. The van der Waals surface area contributed by atoms with Crippen LogP contribution in [0.5, 0.6) is 0 Å². The molecule has 1 saturated heterocycles. The van der Waals surface area contributed by atoms with Gasteiger partial charge in [0.2, 0.25) is 0 Å². The van der Waals surface area contributed by atoms with Gasteiger partial charge in [-0.1, -0.05) is 17.7 Å². The normalized spacial score (nSPS) is 18.8. The summed E-state index contributed by atoms with van der Waals surface area (Å²) in [4.78, 5) is 28.0. The highest BCUT2D eigenvalue weighted by Gasteiger charge is 2.47. The van der Waals surface area contributed by atoms with Crippen molar-refractivity contribution in [1.29, 1.82) is 0 Å². The number of Topliss-reactive ketones (excluding diaryl/α,β-unsaturated/α-hetero) is 1. The first-order chi connectivity index (χ1) is 13.5. The molecule has 2 aromatic heterocycles. The van der Waals surface area contributed by atoms with Gasteiger partial charge < -0.3 is 14.4 Å². The monoisotopic (exact) mass is 413 g/mol. The summed E-state index contributed by atoms with van der Waals surface area (Å²) in [6, 6.07) is 12.9. The summed E-state index contributed by atoms with van der Waals surface area (Å²) in [5, 5.41) is 13.3. The number of benzene rings is 1. The summed E-state index contributed by atoms with van der Waals surface area (Å²) in [5.41, 5.74) is 0.421. The first kappa shape index (κ1) is 18.5. The average molecular weight is 414 g/mol. The van der Waals surface area contributed by atoms with Crippen LogP contribution < -0.4 is 0 Å². The zero-order chi connectivity index (χ0) is 19.8. The molecule has 1 aromatic carbocycles. The molecular formula is C21H16ClNO4S. The largest absolute Gasteiger partial charge is 0.507 e. The number of aryl methyl sites for hydroxylation is 1. The van der Waals surface area contributed by atoms with Crippen LogP contribution in [0.25, 0.3) is 5.76 Å². The van der Waals surface area contributed by atoms with Gasteiger partial charge in [0, 0.05) is 15.5 Å². The second kappa shape index (κ2) is 7.30. The number of ketones is 1. The number of amides is 1. The standard InChI is InChI=1S/C21H16ClNO4S/c1-12-4-9-16(27-12)18-17(19(24)13-5-7-14(22)8-6-13)20(25)21(26)23(18)11-15-3-2-10-28-15/h2-10,18,24H,11H2,1H3/b19-17-. The molecule has 3 heterocycles. The van der Waals surface area contributed by atoms with Gasteiger partial charge in [-0.3, -0.25) is 9.59 Å². The Morgan fingerprint density at radius 1 is 1.18 bits per heavy atom. The molecule has 1 atom stereocenters. The molecule has 1 amide bonds. The van der Waals surface area contributed by atoms with Crippen molar-refractivity contribution >= 4 is 40.4 Å². The fraction of sp³-hybridized carbons (Fsp3) is 0.143.